The molecule has 0 heterocycles. The van der Waals surface area contributed by atoms with Crippen LogP contribution in [0.15, 0.2) is 30.0 Å². The quantitative estimate of drug-likeness (QED) is 0.619. The Hall–Kier alpha value is -2.68. The topological polar surface area (TPSA) is 83.4 Å². The number of carbonyl (C=O) groups is 1. The largest absolute Gasteiger partial charge is 0.497 e. The summed E-state index contributed by atoms with van der Waals surface area (Å²) >= 11 is 0. The molecular formula is C18H23N3O3. The fourth-order valence-corrected chi connectivity index (χ4v) is 2.73. The van der Waals surface area contributed by atoms with Crippen LogP contribution in [0.25, 0.3) is 0 Å². The first kappa shape index (κ1) is 17.7. The first-order valence-electron chi connectivity index (χ1n) is 8.07. The van der Waals surface area contributed by atoms with Gasteiger partial charge in [-0.15, -0.1) is 0 Å². The van der Waals surface area contributed by atoms with Crippen molar-refractivity contribution < 1.29 is 14.3 Å². The molecule has 1 saturated carbocycles. The van der Waals surface area contributed by atoms with Gasteiger partial charge in [-0.1, -0.05) is 19.3 Å². The van der Waals surface area contributed by atoms with Gasteiger partial charge in [0.2, 0.25) is 0 Å². The summed E-state index contributed by atoms with van der Waals surface area (Å²) in [5.74, 6) is 0.886. The van der Waals surface area contributed by atoms with Crippen LogP contribution in [0, 0.1) is 11.3 Å². The number of methoxy groups -OCH3 is 2. The maximum Gasteiger partial charge on any atom is 0.263 e. The molecule has 1 amide bonds. The molecule has 6 nitrogen and oxygen atoms in total. The number of carbonyl (C=O) groups excluding carboxylic acids is 1. The number of amides is 1. The van der Waals surface area contributed by atoms with Crippen LogP contribution in [0.5, 0.6) is 11.5 Å². The average Bonchev–Trinajstić information content (AvgIpc) is 2.63. The molecule has 0 aromatic heterocycles. The second kappa shape index (κ2) is 8.82. The smallest absolute Gasteiger partial charge is 0.263 e. The number of nitriles is 1. The second-order valence-electron chi connectivity index (χ2n) is 5.69. The molecule has 1 fully saturated rings. The van der Waals surface area contributed by atoms with Crippen LogP contribution in [0.4, 0.5) is 5.69 Å². The molecule has 2 N–H and O–H groups in total. The number of benzene rings is 1. The molecule has 1 aliphatic carbocycles. The first-order valence-corrected chi connectivity index (χ1v) is 8.07. The van der Waals surface area contributed by atoms with Gasteiger partial charge in [0, 0.05) is 18.3 Å². The minimum absolute atomic E-state index is 0.0402. The lowest BCUT2D eigenvalue weighted by Gasteiger charge is -2.22. The Labute approximate surface area is 142 Å². The molecule has 0 spiro atoms. The van der Waals surface area contributed by atoms with E-state index in [-0.39, 0.29) is 17.5 Å². The van der Waals surface area contributed by atoms with Crippen LogP contribution in [0.1, 0.15) is 32.1 Å². The number of nitrogens with one attached hydrogen (secondary N) is 2. The molecular weight excluding hydrogens is 306 g/mol. The molecule has 1 aromatic rings. The number of rotatable bonds is 6. The Bertz CT molecular complexity index is 643. The van der Waals surface area contributed by atoms with Gasteiger partial charge in [-0.3, -0.25) is 4.79 Å². The fourth-order valence-electron chi connectivity index (χ4n) is 2.73. The lowest BCUT2D eigenvalue weighted by Crippen LogP contribution is -2.37. The zero-order valence-corrected chi connectivity index (χ0v) is 14.1. The number of hydrogen-bond donors (Lipinski definition) is 2. The van der Waals surface area contributed by atoms with Crippen LogP contribution in [-0.4, -0.2) is 26.2 Å². The van der Waals surface area contributed by atoms with E-state index in [1.165, 1.54) is 12.6 Å². The highest BCUT2D eigenvalue weighted by atomic mass is 16.5. The van der Waals surface area contributed by atoms with Crippen LogP contribution in [0.3, 0.4) is 0 Å². The van der Waals surface area contributed by atoms with Crippen molar-refractivity contribution in [2.75, 3.05) is 19.5 Å². The van der Waals surface area contributed by atoms with Gasteiger partial charge in [0.05, 0.1) is 19.9 Å². The van der Waals surface area contributed by atoms with Gasteiger partial charge in [0.25, 0.3) is 5.91 Å². The van der Waals surface area contributed by atoms with Crippen molar-refractivity contribution in [3.8, 4) is 17.6 Å². The van der Waals surface area contributed by atoms with Crippen molar-refractivity contribution in [1.82, 2.24) is 5.32 Å². The normalized spacial score (nSPS) is 15.3. The Morgan fingerprint density at radius 3 is 2.62 bits per heavy atom. The standard InChI is InChI=1S/C18H23N3O3/c1-23-15-8-9-16(17(10-15)24-2)20-12-13(11-19)18(22)21-14-6-4-3-5-7-14/h8-10,12,14,20H,3-7H2,1-2H3,(H,21,22)/b13-12-. The van der Waals surface area contributed by atoms with E-state index in [9.17, 15) is 10.1 Å². The molecule has 0 atom stereocenters. The van der Waals surface area contributed by atoms with Gasteiger partial charge in [-0.2, -0.15) is 5.26 Å². The molecule has 128 valence electrons. The summed E-state index contributed by atoms with van der Waals surface area (Å²) in [5.41, 5.74) is 0.690. The molecule has 2 rings (SSSR count). The van der Waals surface area contributed by atoms with E-state index in [0.29, 0.717) is 17.2 Å². The molecule has 1 aliphatic rings. The van der Waals surface area contributed by atoms with Gasteiger partial charge in [0.1, 0.15) is 23.1 Å². The highest BCUT2D eigenvalue weighted by Crippen LogP contribution is 2.29. The van der Waals surface area contributed by atoms with Crippen molar-refractivity contribution in [3.63, 3.8) is 0 Å². The monoisotopic (exact) mass is 329 g/mol. The van der Waals surface area contributed by atoms with Crippen molar-refractivity contribution >= 4 is 11.6 Å². The predicted octanol–water partition coefficient (Wildman–Crippen LogP) is 2.97. The molecule has 1 aromatic carbocycles. The number of hydrogen-bond acceptors (Lipinski definition) is 5. The van der Waals surface area contributed by atoms with Gasteiger partial charge in [0.15, 0.2) is 0 Å². The Morgan fingerprint density at radius 2 is 2.00 bits per heavy atom. The predicted molar refractivity (Wildman–Crippen MR) is 91.9 cm³/mol. The summed E-state index contributed by atoms with van der Waals surface area (Å²) in [6.45, 7) is 0. The molecule has 6 heteroatoms. The minimum atomic E-state index is -0.343. The van der Waals surface area contributed by atoms with Gasteiger partial charge < -0.3 is 20.1 Å². The Morgan fingerprint density at radius 1 is 1.25 bits per heavy atom. The third kappa shape index (κ3) is 4.66. The summed E-state index contributed by atoms with van der Waals surface area (Å²) in [5, 5.41) is 15.1. The molecule has 0 bridgehead atoms. The van der Waals surface area contributed by atoms with Crippen molar-refractivity contribution in [3.05, 3.63) is 30.0 Å². The summed E-state index contributed by atoms with van der Waals surface area (Å²) in [6.07, 6.45) is 6.82. The number of ether oxygens (including phenoxy) is 2. The van der Waals surface area contributed by atoms with Crippen molar-refractivity contribution in [1.29, 1.82) is 5.26 Å². The van der Waals surface area contributed by atoms with Gasteiger partial charge in [-0.25, -0.2) is 0 Å². The summed E-state index contributed by atoms with van der Waals surface area (Å²) in [7, 11) is 3.12. The molecule has 0 saturated heterocycles. The van der Waals surface area contributed by atoms with Gasteiger partial charge >= 0.3 is 0 Å². The SMILES string of the molecule is COc1ccc(N/C=C(/C#N)C(=O)NC2CCCCC2)c(OC)c1. The average molecular weight is 329 g/mol. The second-order valence-corrected chi connectivity index (χ2v) is 5.69. The van der Waals surface area contributed by atoms with E-state index >= 15 is 0 Å². The van der Waals surface area contributed by atoms with E-state index in [0.717, 1.165) is 25.7 Å². The third-order valence-corrected chi connectivity index (χ3v) is 4.09. The number of nitrogens with zero attached hydrogens (tertiary/aromatic N) is 1. The summed E-state index contributed by atoms with van der Waals surface area (Å²) in [6, 6.07) is 7.37. The molecule has 0 radical (unpaired) electrons. The Kier molecular flexibility index (Phi) is 6.50. The van der Waals surface area contributed by atoms with Crippen molar-refractivity contribution in [2.45, 2.75) is 38.1 Å². The van der Waals surface area contributed by atoms with E-state index in [4.69, 9.17) is 9.47 Å². The third-order valence-electron chi connectivity index (χ3n) is 4.09. The zero-order valence-electron chi connectivity index (χ0n) is 14.1. The summed E-state index contributed by atoms with van der Waals surface area (Å²) in [4.78, 5) is 12.2. The van der Waals surface area contributed by atoms with Crippen LogP contribution in [0.2, 0.25) is 0 Å². The molecule has 24 heavy (non-hydrogen) atoms. The Balaban J connectivity index is 2.05. The van der Waals surface area contributed by atoms with Crippen LogP contribution < -0.4 is 20.1 Å². The summed E-state index contributed by atoms with van der Waals surface area (Å²) < 4.78 is 10.4. The van der Waals surface area contributed by atoms with Crippen LogP contribution >= 0.6 is 0 Å². The van der Waals surface area contributed by atoms with E-state index in [2.05, 4.69) is 10.6 Å². The fraction of sp³-hybridized carbons (Fsp3) is 0.444. The zero-order chi connectivity index (χ0) is 17.4. The maximum atomic E-state index is 12.2. The number of anilines is 1. The molecule has 0 aliphatic heterocycles. The lowest BCUT2D eigenvalue weighted by molar-refractivity contribution is -0.118. The van der Waals surface area contributed by atoms with Gasteiger partial charge in [-0.05, 0) is 25.0 Å². The molecule has 0 unspecified atom stereocenters. The van der Waals surface area contributed by atoms with Crippen LogP contribution in [-0.2, 0) is 4.79 Å². The highest BCUT2D eigenvalue weighted by Gasteiger charge is 2.18. The maximum absolute atomic E-state index is 12.2. The van der Waals surface area contributed by atoms with E-state index in [1.807, 2.05) is 6.07 Å². The van der Waals surface area contributed by atoms with Crippen molar-refractivity contribution in [2.24, 2.45) is 0 Å². The van der Waals surface area contributed by atoms with E-state index < -0.39 is 0 Å². The highest BCUT2D eigenvalue weighted by molar-refractivity contribution is 5.97. The van der Waals surface area contributed by atoms with E-state index in [1.54, 1.807) is 32.4 Å². The first-order chi connectivity index (χ1) is 11.7. The lowest BCUT2D eigenvalue weighted by atomic mass is 9.95. The minimum Gasteiger partial charge on any atom is -0.497 e.